The van der Waals surface area contributed by atoms with E-state index in [1.165, 1.54) is 22.6 Å². The fourth-order valence-electron chi connectivity index (χ4n) is 3.43. The highest BCUT2D eigenvalue weighted by Crippen LogP contribution is 2.21. The Labute approximate surface area is 160 Å². The number of aromatic nitrogens is 2. The van der Waals surface area contributed by atoms with Crippen LogP contribution in [-0.2, 0) is 17.9 Å². The Morgan fingerprint density at radius 2 is 2.31 bits per heavy atom. The van der Waals surface area contributed by atoms with E-state index in [4.69, 9.17) is 0 Å². The van der Waals surface area contributed by atoms with E-state index in [0.717, 1.165) is 38.2 Å². The van der Waals surface area contributed by atoms with Crippen LogP contribution in [0, 0.1) is 6.92 Å². The molecule has 1 saturated heterocycles. The molecule has 1 atom stereocenters. The molecule has 142 valence electrons. The van der Waals surface area contributed by atoms with E-state index in [1.54, 1.807) is 11.3 Å². The first kappa shape index (κ1) is 19.1. The van der Waals surface area contributed by atoms with Crippen molar-refractivity contribution in [1.29, 1.82) is 0 Å². The molecule has 3 heterocycles. The Bertz CT molecular complexity index is 702. The summed E-state index contributed by atoms with van der Waals surface area (Å²) in [4.78, 5) is 17.4. The lowest BCUT2D eigenvalue weighted by molar-refractivity contribution is -0.132. The van der Waals surface area contributed by atoms with E-state index >= 15 is 0 Å². The maximum Gasteiger partial charge on any atom is 0.244 e. The molecule has 2 aromatic heterocycles. The van der Waals surface area contributed by atoms with Crippen molar-refractivity contribution >= 4 is 17.2 Å². The van der Waals surface area contributed by atoms with Crippen LogP contribution >= 0.6 is 11.3 Å². The average Bonchev–Trinajstić information content (AvgIpc) is 3.28. The number of hydrogen-bond acceptors (Lipinski definition) is 4. The number of carbonyl (C=O) groups is 1. The molecule has 1 fully saturated rings. The normalized spacial score (nSPS) is 17.4. The van der Waals surface area contributed by atoms with Gasteiger partial charge >= 0.3 is 0 Å². The third kappa shape index (κ3) is 5.17. The Morgan fingerprint density at radius 1 is 1.42 bits per heavy atom. The van der Waals surface area contributed by atoms with E-state index < -0.39 is 0 Å². The molecule has 0 radical (unpaired) electrons. The first-order valence-electron chi connectivity index (χ1n) is 9.73. The summed E-state index contributed by atoms with van der Waals surface area (Å²) in [5, 5.41) is 8.11. The van der Waals surface area contributed by atoms with Gasteiger partial charge in [0.05, 0.1) is 12.2 Å². The smallest absolute Gasteiger partial charge is 0.244 e. The molecule has 0 bridgehead atoms. The zero-order valence-electron chi connectivity index (χ0n) is 15.9. The molecule has 5 nitrogen and oxygen atoms in total. The van der Waals surface area contributed by atoms with Crippen LogP contribution in [-0.4, -0.2) is 40.2 Å². The number of thiophene rings is 1. The van der Waals surface area contributed by atoms with E-state index in [0.29, 0.717) is 19.0 Å². The molecule has 1 unspecified atom stereocenters. The molecular weight excluding hydrogens is 344 g/mol. The molecule has 6 heteroatoms. The summed E-state index contributed by atoms with van der Waals surface area (Å²) >= 11 is 1.77. The summed E-state index contributed by atoms with van der Waals surface area (Å²) in [7, 11) is 0. The van der Waals surface area contributed by atoms with Gasteiger partial charge in [0.1, 0.15) is 6.54 Å². The van der Waals surface area contributed by atoms with Gasteiger partial charge in [0.25, 0.3) is 0 Å². The van der Waals surface area contributed by atoms with E-state index in [1.807, 2.05) is 15.8 Å². The maximum atomic E-state index is 12.9. The van der Waals surface area contributed by atoms with Crippen molar-refractivity contribution in [1.82, 2.24) is 20.0 Å². The highest BCUT2D eigenvalue weighted by molar-refractivity contribution is 7.11. The molecular formula is C20H30N4OS. The summed E-state index contributed by atoms with van der Waals surface area (Å²) in [6, 6.07) is 6.33. The number of nitrogens with zero attached hydrogens (tertiary/aromatic N) is 3. The predicted molar refractivity (Wildman–Crippen MR) is 106 cm³/mol. The summed E-state index contributed by atoms with van der Waals surface area (Å²) in [5.74, 6) is 0.631. The number of hydrogen-bond donors (Lipinski definition) is 1. The second-order valence-electron chi connectivity index (χ2n) is 7.16. The van der Waals surface area contributed by atoms with Crippen molar-refractivity contribution in [2.75, 3.05) is 19.6 Å². The lowest BCUT2D eigenvalue weighted by atomic mass is 9.97. The van der Waals surface area contributed by atoms with Crippen LogP contribution in [0.2, 0.25) is 0 Å². The Balaban J connectivity index is 1.62. The van der Waals surface area contributed by atoms with Gasteiger partial charge in [-0.05, 0) is 50.9 Å². The number of carbonyl (C=O) groups excluding carboxylic acids is 1. The van der Waals surface area contributed by atoms with Gasteiger partial charge in [0, 0.05) is 35.0 Å². The number of piperidine rings is 1. The minimum atomic E-state index is 0.154. The van der Waals surface area contributed by atoms with Crippen LogP contribution < -0.4 is 5.32 Å². The van der Waals surface area contributed by atoms with Crippen molar-refractivity contribution < 1.29 is 4.79 Å². The highest BCUT2D eigenvalue weighted by atomic mass is 32.1. The predicted octanol–water partition coefficient (Wildman–Crippen LogP) is 3.55. The SMILES string of the molecule is CCCCN(Cc1ccc(C)s1)C(=O)Cn1ccc(C2CCCNC2)n1. The standard InChI is InChI=1S/C20H30N4OS/c1-3-4-11-23(14-18-8-7-16(2)26-18)20(25)15-24-12-9-19(22-24)17-6-5-10-21-13-17/h7-9,12,17,21H,3-6,10-11,13-15H2,1-2H3. The quantitative estimate of drug-likeness (QED) is 0.769. The Morgan fingerprint density at radius 3 is 3.00 bits per heavy atom. The van der Waals surface area contributed by atoms with E-state index in [2.05, 4.69) is 42.5 Å². The molecule has 2 aromatic rings. The number of nitrogens with one attached hydrogen (secondary N) is 1. The third-order valence-electron chi connectivity index (χ3n) is 4.95. The summed E-state index contributed by atoms with van der Waals surface area (Å²) < 4.78 is 1.81. The number of amides is 1. The van der Waals surface area contributed by atoms with Crippen LogP contribution in [0.4, 0.5) is 0 Å². The minimum absolute atomic E-state index is 0.154. The van der Waals surface area contributed by atoms with Crippen LogP contribution in [0.3, 0.4) is 0 Å². The minimum Gasteiger partial charge on any atom is -0.336 e. The fourth-order valence-corrected chi connectivity index (χ4v) is 4.33. The second-order valence-corrected chi connectivity index (χ2v) is 8.54. The first-order valence-corrected chi connectivity index (χ1v) is 10.5. The Hall–Kier alpha value is -1.66. The van der Waals surface area contributed by atoms with Gasteiger partial charge in [0.15, 0.2) is 0 Å². The van der Waals surface area contributed by atoms with Gasteiger partial charge in [-0.25, -0.2) is 0 Å². The lowest BCUT2D eigenvalue weighted by Gasteiger charge is -2.22. The average molecular weight is 375 g/mol. The molecule has 1 aliphatic rings. The van der Waals surface area contributed by atoms with Gasteiger partial charge in [-0.3, -0.25) is 9.48 Å². The maximum absolute atomic E-state index is 12.9. The van der Waals surface area contributed by atoms with Crippen molar-refractivity contribution in [3.05, 3.63) is 39.8 Å². The third-order valence-corrected chi connectivity index (χ3v) is 5.94. The molecule has 1 N–H and O–H groups in total. The number of unbranched alkanes of at least 4 members (excludes halogenated alkanes) is 1. The molecule has 3 rings (SSSR count). The molecule has 26 heavy (non-hydrogen) atoms. The van der Waals surface area contributed by atoms with Crippen molar-refractivity contribution in [3.63, 3.8) is 0 Å². The molecule has 1 aliphatic heterocycles. The first-order chi connectivity index (χ1) is 12.7. The number of aryl methyl sites for hydroxylation is 1. The van der Waals surface area contributed by atoms with Gasteiger partial charge < -0.3 is 10.2 Å². The fraction of sp³-hybridized carbons (Fsp3) is 0.600. The second kappa shape index (κ2) is 9.33. The van der Waals surface area contributed by atoms with Crippen molar-refractivity contribution in [3.8, 4) is 0 Å². The zero-order chi connectivity index (χ0) is 18.4. The summed E-state index contributed by atoms with van der Waals surface area (Å²) in [6.45, 7) is 8.21. The lowest BCUT2D eigenvalue weighted by Crippen LogP contribution is -2.34. The zero-order valence-corrected chi connectivity index (χ0v) is 16.7. The monoisotopic (exact) mass is 374 g/mol. The van der Waals surface area contributed by atoms with Crippen molar-refractivity contribution in [2.45, 2.75) is 58.5 Å². The Kier molecular flexibility index (Phi) is 6.86. The summed E-state index contributed by atoms with van der Waals surface area (Å²) in [6.07, 6.45) is 6.46. The highest BCUT2D eigenvalue weighted by Gasteiger charge is 2.19. The van der Waals surface area contributed by atoms with Gasteiger partial charge in [-0.2, -0.15) is 5.10 Å². The van der Waals surface area contributed by atoms with Crippen molar-refractivity contribution in [2.24, 2.45) is 0 Å². The van der Waals surface area contributed by atoms with Crippen LogP contribution in [0.15, 0.2) is 24.4 Å². The van der Waals surface area contributed by atoms with Gasteiger partial charge in [0.2, 0.25) is 5.91 Å². The molecule has 0 aromatic carbocycles. The molecule has 1 amide bonds. The molecule has 0 saturated carbocycles. The molecule has 0 spiro atoms. The van der Waals surface area contributed by atoms with Crippen LogP contribution in [0.5, 0.6) is 0 Å². The topological polar surface area (TPSA) is 50.2 Å². The van der Waals surface area contributed by atoms with Crippen LogP contribution in [0.25, 0.3) is 0 Å². The molecule has 0 aliphatic carbocycles. The van der Waals surface area contributed by atoms with E-state index in [-0.39, 0.29) is 5.91 Å². The van der Waals surface area contributed by atoms with Gasteiger partial charge in [-0.1, -0.05) is 13.3 Å². The number of rotatable bonds is 8. The summed E-state index contributed by atoms with van der Waals surface area (Å²) in [5.41, 5.74) is 1.11. The van der Waals surface area contributed by atoms with E-state index in [9.17, 15) is 4.79 Å². The van der Waals surface area contributed by atoms with Crippen LogP contribution in [0.1, 0.15) is 54.0 Å². The van der Waals surface area contributed by atoms with Gasteiger partial charge in [-0.15, -0.1) is 11.3 Å². The largest absolute Gasteiger partial charge is 0.336 e.